The minimum Gasteiger partial charge on any atom is -0.334 e. The molecule has 1 aliphatic heterocycles. The standard InChI is InChI=1S/C7H16BN/c1-7-4-5-8-6-9(7,2)3/h7H,4-6H2,1-3H3/q+1. The van der Waals surface area contributed by atoms with Crippen molar-refractivity contribution in [1.82, 2.24) is 0 Å². The molecule has 1 heterocycles. The van der Waals surface area contributed by atoms with Gasteiger partial charge in [0.2, 0.25) is 0 Å². The van der Waals surface area contributed by atoms with E-state index in [1.165, 1.54) is 23.7 Å². The summed E-state index contributed by atoms with van der Waals surface area (Å²) in [4.78, 5) is 0. The van der Waals surface area contributed by atoms with Gasteiger partial charge in [-0.15, -0.1) is 0 Å². The Morgan fingerprint density at radius 3 is 2.44 bits per heavy atom. The Morgan fingerprint density at radius 1 is 1.44 bits per heavy atom. The average molecular weight is 125 g/mol. The van der Waals surface area contributed by atoms with Crippen LogP contribution in [0.3, 0.4) is 0 Å². The fraction of sp³-hybridized carbons (Fsp3) is 1.00. The summed E-state index contributed by atoms with van der Waals surface area (Å²) in [6.07, 6.45) is 3.94. The maximum atomic E-state index is 2.40. The van der Waals surface area contributed by atoms with E-state index in [1.807, 2.05) is 0 Å². The monoisotopic (exact) mass is 125 g/mol. The molecule has 0 saturated carbocycles. The van der Waals surface area contributed by atoms with Gasteiger partial charge in [0.05, 0.1) is 20.1 Å². The van der Waals surface area contributed by atoms with Crippen molar-refractivity contribution in [3.8, 4) is 0 Å². The van der Waals surface area contributed by atoms with Gasteiger partial charge in [0.15, 0.2) is 7.28 Å². The van der Waals surface area contributed by atoms with Crippen LogP contribution in [0.1, 0.15) is 13.3 Å². The highest BCUT2D eigenvalue weighted by Gasteiger charge is 2.27. The van der Waals surface area contributed by atoms with E-state index >= 15 is 0 Å². The molecule has 1 saturated heterocycles. The van der Waals surface area contributed by atoms with Gasteiger partial charge in [-0.05, 0) is 13.3 Å². The van der Waals surface area contributed by atoms with Gasteiger partial charge < -0.3 is 4.48 Å². The predicted molar refractivity (Wildman–Crippen MR) is 41.6 cm³/mol. The van der Waals surface area contributed by atoms with Crippen molar-refractivity contribution in [2.45, 2.75) is 25.7 Å². The van der Waals surface area contributed by atoms with Crippen molar-refractivity contribution in [3.05, 3.63) is 0 Å². The summed E-state index contributed by atoms with van der Waals surface area (Å²) in [5, 5.41) is 0. The lowest BCUT2D eigenvalue weighted by atomic mass is 9.68. The molecule has 1 nitrogen and oxygen atoms in total. The Hall–Kier alpha value is 0.0249. The van der Waals surface area contributed by atoms with Crippen molar-refractivity contribution in [1.29, 1.82) is 0 Å². The molecular weight excluding hydrogens is 109 g/mol. The van der Waals surface area contributed by atoms with E-state index in [1.54, 1.807) is 0 Å². The van der Waals surface area contributed by atoms with Crippen LogP contribution in [-0.4, -0.2) is 38.3 Å². The van der Waals surface area contributed by atoms with E-state index in [9.17, 15) is 0 Å². The Morgan fingerprint density at radius 2 is 2.11 bits per heavy atom. The van der Waals surface area contributed by atoms with Crippen LogP contribution < -0.4 is 0 Å². The molecule has 0 amide bonds. The summed E-state index contributed by atoms with van der Waals surface area (Å²) in [7, 11) is 7.01. The third-order valence-corrected chi connectivity index (χ3v) is 2.58. The van der Waals surface area contributed by atoms with Gasteiger partial charge in [-0.3, -0.25) is 0 Å². The van der Waals surface area contributed by atoms with Crippen LogP contribution in [0.4, 0.5) is 0 Å². The minimum atomic E-state index is 0.856. The van der Waals surface area contributed by atoms with Gasteiger partial charge in [-0.2, -0.15) is 0 Å². The number of quaternary nitrogens is 1. The molecule has 1 rings (SSSR count). The molecule has 0 spiro atoms. The normalized spacial score (nSPS) is 33.4. The lowest BCUT2D eigenvalue weighted by Gasteiger charge is -2.39. The average Bonchev–Trinajstić information content (AvgIpc) is 1.77. The summed E-state index contributed by atoms with van der Waals surface area (Å²) in [5.41, 5.74) is 0. The smallest absolute Gasteiger partial charge is 0.186 e. The van der Waals surface area contributed by atoms with Crippen molar-refractivity contribution >= 4 is 7.28 Å². The number of hydrogen-bond acceptors (Lipinski definition) is 0. The van der Waals surface area contributed by atoms with Gasteiger partial charge in [0, 0.05) is 6.44 Å². The van der Waals surface area contributed by atoms with Crippen molar-refractivity contribution < 1.29 is 4.48 Å². The van der Waals surface area contributed by atoms with Crippen LogP contribution in [0.2, 0.25) is 6.32 Å². The first-order valence-corrected chi connectivity index (χ1v) is 3.77. The van der Waals surface area contributed by atoms with E-state index in [0.29, 0.717) is 0 Å². The van der Waals surface area contributed by atoms with Crippen LogP contribution >= 0.6 is 0 Å². The van der Waals surface area contributed by atoms with Gasteiger partial charge >= 0.3 is 0 Å². The Labute approximate surface area is 58.9 Å². The Balaban J connectivity index is 2.49. The quantitative estimate of drug-likeness (QED) is 0.333. The maximum absolute atomic E-state index is 2.40. The molecule has 1 atom stereocenters. The summed E-state index contributed by atoms with van der Waals surface area (Å²) in [6.45, 7) is 2.34. The van der Waals surface area contributed by atoms with E-state index in [0.717, 1.165) is 6.04 Å². The first-order chi connectivity index (χ1) is 4.13. The van der Waals surface area contributed by atoms with Gasteiger partial charge in [0.25, 0.3) is 0 Å². The third-order valence-electron chi connectivity index (χ3n) is 2.58. The predicted octanol–water partition coefficient (Wildman–Crippen LogP) is 0.935. The fourth-order valence-corrected chi connectivity index (χ4v) is 1.31. The van der Waals surface area contributed by atoms with Crippen LogP contribution in [-0.2, 0) is 0 Å². The molecule has 0 aromatic carbocycles. The topological polar surface area (TPSA) is 0 Å². The zero-order chi connectivity index (χ0) is 6.91. The molecule has 0 N–H and O–H groups in total. The lowest BCUT2D eigenvalue weighted by molar-refractivity contribution is -0.905. The number of nitrogens with zero attached hydrogens (tertiary/aromatic N) is 1. The first kappa shape index (κ1) is 7.14. The number of hydrogen-bond donors (Lipinski definition) is 0. The summed E-state index contributed by atoms with van der Waals surface area (Å²) in [5.74, 6) is 0. The van der Waals surface area contributed by atoms with Gasteiger partial charge in [-0.25, -0.2) is 0 Å². The molecule has 1 radical (unpaired) electrons. The molecule has 1 fully saturated rings. The first-order valence-electron chi connectivity index (χ1n) is 3.77. The second-order valence-corrected chi connectivity index (χ2v) is 3.68. The zero-order valence-corrected chi connectivity index (χ0v) is 6.72. The summed E-state index contributed by atoms with van der Waals surface area (Å²) >= 11 is 0. The second kappa shape index (κ2) is 2.33. The van der Waals surface area contributed by atoms with Crippen LogP contribution in [0.5, 0.6) is 0 Å². The molecule has 1 unspecified atom stereocenters. The molecule has 51 valence electrons. The zero-order valence-electron chi connectivity index (χ0n) is 6.72. The van der Waals surface area contributed by atoms with Crippen molar-refractivity contribution in [2.24, 2.45) is 0 Å². The molecule has 9 heavy (non-hydrogen) atoms. The highest BCUT2D eigenvalue weighted by molar-refractivity contribution is 6.35. The van der Waals surface area contributed by atoms with Crippen molar-refractivity contribution in [2.75, 3.05) is 20.5 Å². The molecule has 0 bridgehead atoms. The Kier molecular flexibility index (Phi) is 1.85. The summed E-state index contributed by atoms with van der Waals surface area (Å²) in [6, 6.07) is 0.856. The largest absolute Gasteiger partial charge is 0.334 e. The fourth-order valence-electron chi connectivity index (χ4n) is 1.31. The van der Waals surface area contributed by atoms with Gasteiger partial charge in [-0.1, -0.05) is 6.32 Å². The van der Waals surface area contributed by atoms with Gasteiger partial charge in [0.1, 0.15) is 0 Å². The molecule has 0 aromatic rings. The van der Waals surface area contributed by atoms with Crippen LogP contribution in [0.25, 0.3) is 0 Å². The number of rotatable bonds is 0. The van der Waals surface area contributed by atoms with E-state index in [2.05, 4.69) is 28.3 Å². The molecule has 0 aliphatic carbocycles. The van der Waals surface area contributed by atoms with Crippen LogP contribution in [0, 0.1) is 0 Å². The molecule has 0 aromatic heterocycles. The van der Waals surface area contributed by atoms with Crippen LogP contribution in [0.15, 0.2) is 0 Å². The van der Waals surface area contributed by atoms with E-state index < -0.39 is 0 Å². The minimum absolute atomic E-state index is 0.856. The van der Waals surface area contributed by atoms with Crippen molar-refractivity contribution in [3.63, 3.8) is 0 Å². The lowest BCUT2D eigenvalue weighted by Crippen LogP contribution is -2.52. The highest BCUT2D eigenvalue weighted by atomic mass is 15.3. The maximum Gasteiger partial charge on any atom is 0.186 e. The molecule has 2 heteroatoms. The third kappa shape index (κ3) is 1.48. The van der Waals surface area contributed by atoms with E-state index in [-0.39, 0.29) is 0 Å². The molecule has 1 aliphatic rings. The van der Waals surface area contributed by atoms with E-state index in [4.69, 9.17) is 0 Å². The summed E-state index contributed by atoms with van der Waals surface area (Å²) < 4.78 is 1.18. The second-order valence-electron chi connectivity index (χ2n) is 3.68. The highest BCUT2D eigenvalue weighted by Crippen LogP contribution is 2.16. The molecular formula is C7H16BN+. The SMILES string of the molecule is CC1CC[B]C[N+]1(C)C. The Bertz CT molecular complexity index is 101.